The number of hydrogen-bond donors (Lipinski definition) is 1. The minimum atomic E-state index is -0.533. The van der Waals surface area contributed by atoms with Crippen molar-refractivity contribution in [1.29, 1.82) is 0 Å². The highest BCUT2D eigenvalue weighted by Crippen LogP contribution is 2.67. The first-order chi connectivity index (χ1) is 17.5. The van der Waals surface area contributed by atoms with Crippen LogP contribution < -0.4 is 14.8 Å². The van der Waals surface area contributed by atoms with Gasteiger partial charge in [0, 0.05) is 49.9 Å². The van der Waals surface area contributed by atoms with Gasteiger partial charge in [-0.15, -0.1) is 0 Å². The average Bonchev–Trinajstić information content (AvgIpc) is 3.19. The summed E-state index contributed by atoms with van der Waals surface area (Å²) in [4.78, 5) is 26.4. The van der Waals surface area contributed by atoms with Gasteiger partial charge in [0.05, 0.1) is 18.0 Å². The molecule has 1 N–H and O–H groups in total. The van der Waals surface area contributed by atoms with E-state index < -0.39 is 11.0 Å². The summed E-state index contributed by atoms with van der Waals surface area (Å²) < 4.78 is 14.0. The molecule has 7 heteroatoms. The number of Topliss-reactive ketones (excluding diaryl/α,β-unsaturated/α-hetero) is 1. The highest BCUT2D eigenvalue weighted by atomic mass is 79.9. The molecule has 1 spiro atoms. The number of alkyl halides is 1. The first-order valence-corrected chi connectivity index (χ1v) is 14.8. The fourth-order valence-electron chi connectivity index (χ4n) is 8.00. The van der Waals surface area contributed by atoms with Gasteiger partial charge in [0.1, 0.15) is 17.1 Å². The van der Waals surface area contributed by atoms with E-state index in [0.717, 1.165) is 51.9 Å². The lowest BCUT2D eigenvalue weighted by Crippen LogP contribution is -2.71. The molecule has 2 aliphatic carbocycles. The first-order valence-electron chi connectivity index (χ1n) is 13.1. The minimum absolute atomic E-state index is 0.0834. The Bertz CT molecular complexity index is 1340. The summed E-state index contributed by atoms with van der Waals surface area (Å²) in [6.45, 7) is 8.89. The van der Waals surface area contributed by atoms with E-state index in [9.17, 15) is 9.59 Å². The van der Waals surface area contributed by atoms with Crippen LogP contribution in [0.1, 0.15) is 80.0 Å². The van der Waals surface area contributed by atoms with Crippen LogP contribution in [-0.2, 0) is 11.2 Å². The highest BCUT2D eigenvalue weighted by molar-refractivity contribution is 9.10. The van der Waals surface area contributed by atoms with Gasteiger partial charge in [-0.25, -0.2) is 0 Å². The normalized spacial score (nSPS) is 35.4. The second-order valence-electron chi connectivity index (χ2n) is 12.2. The van der Waals surface area contributed by atoms with Crippen molar-refractivity contribution in [3.63, 3.8) is 0 Å². The van der Waals surface area contributed by atoms with Crippen LogP contribution in [0.4, 0.5) is 0 Å². The molecule has 0 saturated heterocycles. The van der Waals surface area contributed by atoms with E-state index in [1.165, 1.54) is 0 Å². The van der Waals surface area contributed by atoms with Crippen molar-refractivity contribution in [3.05, 3.63) is 57.1 Å². The summed E-state index contributed by atoms with van der Waals surface area (Å²) in [6, 6.07) is 9.40. The van der Waals surface area contributed by atoms with Crippen molar-refractivity contribution in [2.75, 3.05) is 7.11 Å². The quantitative estimate of drug-likeness (QED) is 0.372. The van der Waals surface area contributed by atoms with Crippen LogP contribution in [0, 0.1) is 22.7 Å². The van der Waals surface area contributed by atoms with Crippen molar-refractivity contribution in [1.82, 2.24) is 5.32 Å². The predicted molar refractivity (Wildman–Crippen MR) is 150 cm³/mol. The number of methoxy groups -OCH3 is 1. The average molecular weight is 631 g/mol. The SMILES string of the molecule is COc1ccccc1C1NC(=O)c2cc(Br)c3c(c21)O[C@@]12CC(Br)C(=O)C(C)(C)[C@@H]1CC[C@H](C)[C@@]2(C)C3. The zero-order valence-electron chi connectivity index (χ0n) is 21.9. The van der Waals surface area contributed by atoms with Gasteiger partial charge in [-0.1, -0.05) is 77.8 Å². The Hall–Kier alpha value is -1.86. The Balaban J connectivity index is 1.60. The molecule has 2 aromatic rings. The lowest BCUT2D eigenvalue weighted by atomic mass is 9.44. The number of ketones is 1. The zero-order chi connectivity index (χ0) is 26.5. The maximum absolute atomic E-state index is 13.4. The van der Waals surface area contributed by atoms with Crippen LogP contribution in [0.3, 0.4) is 0 Å². The Labute approximate surface area is 235 Å². The fourth-order valence-corrected chi connectivity index (χ4v) is 9.62. The maximum Gasteiger partial charge on any atom is 0.252 e. The number of rotatable bonds is 2. The van der Waals surface area contributed by atoms with Gasteiger partial charge in [-0.2, -0.15) is 0 Å². The van der Waals surface area contributed by atoms with Crippen LogP contribution in [0.25, 0.3) is 0 Å². The van der Waals surface area contributed by atoms with Gasteiger partial charge in [0.2, 0.25) is 0 Å². The van der Waals surface area contributed by atoms with Crippen molar-refractivity contribution in [3.8, 4) is 11.5 Å². The monoisotopic (exact) mass is 629 g/mol. The molecule has 2 heterocycles. The van der Waals surface area contributed by atoms with E-state index in [1.807, 2.05) is 30.3 Å². The highest BCUT2D eigenvalue weighted by Gasteiger charge is 2.69. The second-order valence-corrected chi connectivity index (χ2v) is 14.1. The number of amides is 1. The molecule has 37 heavy (non-hydrogen) atoms. The van der Waals surface area contributed by atoms with E-state index >= 15 is 0 Å². The van der Waals surface area contributed by atoms with Crippen molar-refractivity contribution in [2.24, 2.45) is 22.7 Å². The lowest BCUT2D eigenvalue weighted by molar-refractivity contribution is -0.207. The summed E-state index contributed by atoms with van der Waals surface area (Å²) in [5.41, 5.74) is 2.30. The number of nitrogens with one attached hydrogen (secondary N) is 1. The van der Waals surface area contributed by atoms with E-state index in [0.29, 0.717) is 17.9 Å². The molecule has 2 aromatic carbocycles. The van der Waals surface area contributed by atoms with Crippen LogP contribution in [0.15, 0.2) is 34.8 Å². The number of fused-ring (bicyclic) bond motifs is 3. The fraction of sp³-hybridized carbons (Fsp3) is 0.533. The van der Waals surface area contributed by atoms with Gasteiger partial charge in [0.15, 0.2) is 5.78 Å². The van der Waals surface area contributed by atoms with E-state index in [2.05, 4.69) is 64.9 Å². The van der Waals surface area contributed by atoms with Gasteiger partial charge >= 0.3 is 0 Å². The third kappa shape index (κ3) is 3.25. The Morgan fingerprint density at radius 2 is 1.86 bits per heavy atom. The van der Waals surface area contributed by atoms with E-state index in [1.54, 1.807) is 7.11 Å². The summed E-state index contributed by atoms with van der Waals surface area (Å²) in [7, 11) is 1.65. The first kappa shape index (κ1) is 25.4. The van der Waals surface area contributed by atoms with E-state index in [4.69, 9.17) is 9.47 Å². The third-order valence-electron chi connectivity index (χ3n) is 10.2. The Morgan fingerprint density at radius 1 is 1.14 bits per heavy atom. The zero-order valence-corrected chi connectivity index (χ0v) is 25.1. The second kappa shape index (κ2) is 8.32. The number of para-hydroxylation sites is 1. The molecule has 196 valence electrons. The molecule has 0 radical (unpaired) electrons. The van der Waals surface area contributed by atoms with E-state index in [-0.39, 0.29) is 33.9 Å². The molecule has 2 saturated carbocycles. The molecular formula is C30H33Br2NO4. The summed E-state index contributed by atoms with van der Waals surface area (Å²) >= 11 is 7.57. The molecule has 1 amide bonds. The summed E-state index contributed by atoms with van der Waals surface area (Å²) in [5, 5.41) is 3.20. The van der Waals surface area contributed by atoms with Gasteiger partial charge in [-0.3, -0.25) is 9.59 Å². The van der Waals surface area contributed by atoms with Gasteiger partial charge < -0.3 is 14.8 Å². The topological polar surface area (TPSA) is 64.6 Å². The number of halogens is 2. The Kier molecular flexibility index (Phi) is 5.71. The van der Waals surface area contributed by atoms with Crippen LogP contribution >= 0.6 is 31.9 Å². The molecule has 2 unspecified atom stereocenters. The smallest absolute Gasteiger partial charge is 0.252 e. The third-order valence-corrected chi connectivity index (χ3v) is 11.7. The van der Waals surface area contributed by atoms with Crippen LogP contribution in [0.5, 0.6) is 11.5 Å². The standard InChI is InChI=1S/C30H33Br2NO4/c1-15-10-11-22-28(2,3)26(34)20(32)14-30(22)29(15,4)13-18-19(31)12-17-23(25(18)37-30)24(33-27(17)35)16-8-6-7-9-21(16)36-5/h6-9,12,15,20,22,24H,10-11,13-14H2,1-5H3,(H,33,35)/t15-,20?,22-,24?,29+,30-/m0/s1. The molecule has 0 bridgehead atoms. The molecule has 4 aliphatic rings. The van der Waals surface area contributed by atoms with Crippen LogP contribution in [-0.4, -0.2) is 29.2 Å². The molecule has 5 nitrogen and oxygen atoms in total. The number of ether oxygens (including phenoxy) is 2. The predicted octanol–water partition coefficient (Wildman–Crippen LogP) is 6.78. The largest absolute Gasteiger partial charge is 0.496 e. The lowest BCUT2D eigenvalue weighted by Gasteiger charge is -2.66. The molecule has 6 rings (SSSR count). The Morgan fingerprint density at radius 3 is 2.59 bits per heavy atom. The maximum atomic E-state index is 13.4. The van der Waals surface area contributed by atoms with Crippen molar-refractivity contribution in [2.45, 2.75) is 69.8 Å². The molecule has 2 fully saturated rings. The number of carbonyl (C=O) groups is 2. The minimum Gasteiger partial charge on any atom is -0.496 e. The molecular weight excluding hydrogens is 598 g/mol. The summed E-state index contributed by atoms with van der Waals surface area (Å²) in [5.74, 6) is 2.17. The van der Waals surface area contributed by atoms with Gasteiger partial charge in [0.25, 0.3) is 5.91 Å². The summed E-state index contributed by atoms with van der Waals surface area (Å²) in [6.07, 6.45) is 3.47. The number of carbonyl (C=O) groups excluding carboxylic acids is 2. The number of hydrogen-bond acceptors (Lipinski definition) is 4. The molecule has 2 aliphatic heterocycles. The molecule has 0 aromatic heterocycles. The number of benzene rings is 2. The van der Waals surface area contributed by atoms with Crippen molar-refractivity contribution < 1.29 is 19.1 Å². The van der Waals surface area contributed by atoms with Crippen molar-refractivity contribution >= 4 is 43.6 Å². The van der Waals surface area contributed by atoms with Gasteiger partial charge in [-0.05, 0) is 37.3 Å². The molecule has 6 atom stereocenters. The van der Waals surface area contributed by atoms with Crippen LogP contribution in [0.2, 0.25) is 0 Å².